The van der Waals surface area contributed by atoms with Gasteiger partial charge in [0.2, 0.25) is 0 Å². The highest BCUT2D eigenvalue weighted by Crippen LogP contribution is 2.27. The van der Waals surface area contributed by atoms with E-state index in [9.17, 15) is 13.2 Å². The number of rotatable bonds is 1. The van der Waals surface area contributed by atoms with E-state index in [-0.39, 0.29) is 0 Å². The van der Waals surface area contributed by atoms with Gasteiger partial charge in [-0.25, -0.2) is 0 Å². The number of aliphatic imine (C=N–C) groups is 1. The van der Waals surface area contributed by atoms with Crippen LogP contribution in [0.3, 0.4) is 0 Å². The molecule has 0 saturated carbocycles. The molecule has 108 valence electrons. The first kappa shape index (κ1) is 18.1. The van der Waals surface area contributed by atoms with Crippen LogP contribution in [0.2, 0.25) is 0 Å². The molecule has 18 heavy (non-hydrogen) atoms. The van der Waals surface area contributed by atoms with Crippen molar-refractivity contribution in [1.82, 2.24) is 0 Å². The first-order chi connectivity index (χ1) is 7.99. The zero-order valence-corrected chi connectivity index (χ0v) is 12.4. The molecule has 0 bridgehead atoms. The molecular formula is C8H14F3NO3S3. The van der Waals surface area contributed by atoms with Gasteiger partial charge in [-0.05, 0) is 12.2 Å². The molecule has 0 spiro atoms. The van der Waals surface area contributed by atoms with Crippen molar-refractivity contribution in [3.05, 3.63) is 0 Å². The fourth-order valence-electron chi connectivity index (χ4n) is 0.820. The fourth-order valence-corrected chi connectivity index (χ4v) is 2.72. The largest absolute Gasteiger partial charge is 0.522 e. The Morgan fingerprint density at radius 1 is 1.50 bits per heavy atom. The standard InChI is InChI=1S/C7H13NS2.CHF3O3S/c1-5(2)6-4-10-7(8-6)9-3;2-1(3,4)8(5,6)7/h5-6H,4H2,1-3H3;(H,5,6,7)/t6-;/m1./s1. The third-order valence-corrected chi connectivity index (χ3v) is 4.64. The van der Waals surface area contributed by atoms with Crippen LogP contribution in [0.4, 0.5) is 13.2 Å². The van der Waals surface area contributed by atoms with E-state index in [1.807, 2.05) is 11.8 Å². The van der Waals surface area contributed by atoms with Gasteiger partial charge in [0.05, 0.1) is 6.04 Å². The van der Waals surface area contributed by atoms with Gasteiger partial charge < -0.3 is 0 Å². The van der Waals surface area contributed by atoms with Crippen molar-refractivity contribution < 1.29 is 26.1 Å². The molecule has 1 N–H and O–H groups in total. The molecule has 0 aromatic carbocycles. The maximum Gasteiger partial charge on any atom is 0.522 e. The molecule has 0 aromatic heterocycles. The van der Waals surface area contributed by atoms with Crippen molar-refractivity contribution in [3.63, 3.8) is 0 Å². The normalized spacial score (nSPS) is 20.4. The van der Waals surface area contributed by atoms with Crippen LogP contribution in [0, 0.1) is 5.92 Å². The summed E-state index contributed by atoms with van der Waals surface area (Å²) in [6.07, 6.45) is 2.09. The predicted octanol–water partition coefficient (Wildman–Crippen LogP) is 2.87. The molecule has 0 aromatic rings. The molecule has 1 heterocycles. The molecule has 0 unspecified atom stereocenters. The van der Waals surface area contributed by atoms with E-state index >= 15 is 0 Å². The second-order valence-corrected chi connectivity index (χ2v) is 7.12. The summed E-state index contributed by atoms with van der Waals surface area (Å²) >= 11 is 3.66. The lowest BCUT2D eigenvalue weighted by atomic mass is 10.1. The van der Waals surface area contributed by atoms with Gasteiger partial charge in [0.1, 0.15) is 4.38 Å². The zero-order chi connectivity index (χ0) is 14.6. The molecule has 1 aliphatic heterocycles. The molecule has 0 aliphatic carbocycles. The molecule has 0 saturated heterocycles. The minimum Gasteiger partial charge on any atom is -0.279 e. The summed E-state index contributed by atoms with van der Waals surface area (Å²) in [4.78, 5) is 4.55. The zero-order valence-electron chi connectivity index (χ0n) is 9.93. The van der Waals surface area contributed by atoms with Crippen LogP contribution in [0.1, 0.15) is 13.8 Å². The quantitative estimate of drug-likeness (QED) is 0.593. The Balaban J connectivity index is 0.000000331. The van der Waals surface area contributed by atoms with E-state index in [1.54, 1.807) is 11.8 Å². The van der Waals surface area contributed by atoms with Crippen LogP contribution in [-0.4, -0.2) is 40.9 Å². The van der Waals surface area contributed by atoms with Gasteiger partial charge >= 0.3 is 15.6 Å². The van der Waals surface area contributed by atoms with Crippen LogP contribution in [0.25, 0.3) is 0 Å². The molecule has 0 radical (unpaired) electrons. The highest BCUT2D eigenvalue weighted by molar-refractivity contribution is 8.38. The first-order valence-electron chi connectivity index (χ1n) is 4.77. The van der Waals surface area contributed by atoms with E-state index in [1.165, 1.54) is 10.1 Å². The van der Waals surface area contributed by atoms with Crippen LogP contribution < -0.4 is 0 Å². The number of halogens is 3. The number of hydrogen-bond donors (Lipinski definition) is 1. The average molecular weight is 325 g/mol. The SMILES string of the molecule is CSC1=N[C@@H](C(C)C)CS1.O=S(=O)(O)C(F)(F)F. The van der Waals surface area contributed by atoms with Crippen LogP contribution in [0.5, 0.6) is 0 Å². The number of thioether (sulfide) groups is 2. The molecular weight excluding hydrogens is 311 g/mol. The number of hydrogen-bond acceptors (Lipinski definition) is 5. The second kappa shape index (κ2) is 7.01. The summed E-state index contributed by atoms with van der Waals surface area (Å²) in [7, 11) is -5.84. The predicted molar refractivity (Wildman–Crippen MR) is 69.6 cm³/mol. The molecule has 1 rings (SSSR count). The minimum atomic E-state index is -5.84. The van der Waals surface area contributed by atoms with Crippen molar-refractivity contribution >= 4 is 38.0 Å². The summed E-state index contributed by atoms with van der Waals surface area (Å²) in [5.41, 5.74) is -5.53. The third-order valence-electron chi connectivity index (χ3n) is 1.89. The van der Waals surface area contributed by atoms with Crippen molar-refractivity contribution in [2.45, 2.75) is 25.4 Å². The van der Waals surface area contributed by atoms with Crippen molar-refractivity contribution in [2.75, 3.05) is 12.0 Å². The Bertz CT molecular complexity index is 392. The van der Waals surface area contributed by atoms with Crippen LogP contribution in [0.15, 0.2) is 4.99 Å². The third kappa shape index (κ3) is 6.30. The summed E-state index contributed by atoms with van der Waals surface area (Å²) in [6.45, 7) is 4.47. The maximum absolute atomic E-state index is 10.7. The summed E-state index contributed by atoms with van der Waals surface area (Å²) in [5.74, 6) is 1.89. The van der Waals surface area contributed by atoms with Crippen LogP contribution >= 0.6 is 23.5 Å². The van der Waals surface area contributed by atoms with E-state index in [2.05, 4.69) is 25.1 Å². The lowest BCUT2D eigenvalue weighted by Gasteiger charge is -2.07. The maximum atomic E-state index is 10.7. The van der Waals surface area contributed by atoms with E-state index in [0.717, 1.165) is 0 Å². The Labute approximate surface area is 113 Å². The van der Waals surface area contributed by atoms with Gasteiger partial charge in [0.15, 0.2) is 0 Å². The van der Waals surface area contributed by atoms with Gasteiger partial charge in [-0.2, -0.15) is 21.6 Å². The lowest BCUT2D eigenvalue weighted by Crippen LogP contribution is -2.21. The van der Waals surface area contributed by atoms with Gasteiger partial charge in [-0.3, -0.25) is 9.55 Å². The molecule has 10 heteroatoms. The molecule has 0 amide bonds. The van der Waals surface area contributed by atoms with E-state index in [0.29, 0.717) is 12.0 Å². The Morgan fingerprint density at radius 3 is 2.11 bits per heavy atom. The van der Waals surface area contributed by atoms with Gasteiger partial charge in [0.25, 0.3) is 0 Å². The van der Waals surface area contributed by atoms with Crippen molar-refractivity contribution in [2.24, 2.45) is 10.9 Å². The highest BCUT2D eigenvalue weighted by atomic mass is 32.2. The molecule has 1 aliphatic rings. The number of nitrogens with zero attached hydrogens (tertiary/aromatic N) is 1. The van der Waals surface area contributed by atoms with E-state index < -0.39 is 15.6 Å². The Morgan fingerprint density at radius 2 is 1.94 bits per heavy atom. The van der Waals surface area contributed by atoms with Crippen molar-refractivity contribution in [3.8, 4) is 0 Å². The van der Waals surface area contributed by atoms with Gasteiger partial charge in [-0.1, -0.05) is 25.6 Å². The molecule has 4 nitrogen and oxygen atoms in total. The Kier molecular flexibility index (Phi) is 7.04. The summed E-state index contributed by atoms with van der Waals surface area (Å²) < 4.78 is 58.8. The minimum absolute atomic E-state index is 0.576. The lowest BCUT2D eigenvalue weighted by molar-refractivity contribution is -0.0510. The topological polar surface area (TPSA) is 66.7 Å². The highest BCUT2D eigenvalue weighted by Gasteiger charge is 2.44. The van der Waals surface area contributed by atoms with Crippen molar-refractivity contribution in [1.29, 1.82) is 0 Å². The second-order valence-electron chi connectivity index (χ2n) is 3.64. The fraction of sp³-hybridized carbons (Fsp3) is 0.875. The van der Waals surface area contributed by atoms with E-state index in [4.69, 9.17) is 13.0 Å². The monoisotopic (exact) mass is 325 g/mol. The van der Waals surface area contributed by atoms with Gasteiger partial charge in [0, 0.05) is 5.75 Å². The smallest absolute Gasteiger partial charge is 0.279 e. The Hall–Kier alpha value is 0.0700. The van der Waals surface area contributed by atoms with Crippen LogP contribution in [-0.2, 0) is 10.1 Å². The summed E-state index contributed by atoms with van der Waals surface area (Å²) in [5, 5.41) is 0. The first-order valence-corrected chi connectivity index (χ1v) is 8.42. The molecule has 0 fully saturated rings. The molecule has 1 atom stereocenters. The number of alkyl halides is 3. The summed E-state index contributed by atoms with van der Waals surface area (Å²) in [6, 6.07) is 0.576. The average Bonchev–Trinajstić information content (AvgIpc) is 2.63. The van der Waals surface area contributed by atoms with Gasteiger partial charge in [-0.15, -0.1) is 11.8 Å².